The minimum absolute atomic E-state index is 0.291. The lowest BCUT2D eigenvalue weighted by molar-refractivity contribution is 0.457. The SMILES string of the molecule is CCNC(=NCC(C)(C)NS(C)(=O)=O)NC(C)C(C)C. The van der Waals surface area contributed by atoms with Gasteiger partial charge in [-0.1, -0.05) is 13.8 Å². The molecule has 0 aromatic heterocycles. The maximum atomic E-state index is 11.3. The van der Waals surface area contributed by atoms with Gasteiger partial charge in [-0.3, -0.25) is 4.99 Å². The van der Waals surface area contributed by atoms with Gasteiger partial charge in [0.1, 0.15) is 0 Å². The Morgan fingerprint density at radius 3 is 2.20 bits per heavy atom. The summed E-state index contributed by atoms with van der Waals surface area (Å²) in [5, 5.41) is 6.48. The van der Waals surface area contributed by atoms with Crippen LogP contribution in [0.15, 0.2) is 4.99 Å². The summed E-state index contributed by atoms with van der Waals surface area (Å²) >= 11 is 0. The predicted octanol–water partition coefficient (Wildman–Crippen LogP) is 0.914. The third-order valence-electron chi connectivity index (χ3n) is 2.80. The fourth-order valence-electron chi connectivity index (χ4n) is 1.51. The lowest BCUT2D eigenvalue weighted by Crippen LogP contribution is -2.48. The van der Waals surface area contributed by atoms with Crippen LogP contribution in [0.4, 0.5) is 0 Å². The number of hydrogen-bond acceptors (Lipinski definition) is 3. The highest BCUT2D eigenvalue weighted by molar-refractivity contribution is 7.88. The van der Waals surface area contributed by atoms with Crippen LogP contribution in [-0.2, 0) is 10.0 Å². The molecule has 0 spiro atoms. The molecule has 0 rings (SSSR count). The van der Waals surface area contributed by atoms with E-state index in [1.165, 1.54) is 0 Å². The summed E-state index contributed by atoms with van der Waals surface area (Å²) in [6.45, 7) is 13.1. The number of rotatable bonds is 7. The van der Waals surface area contributed by atoms with Gasteiger partial charge in [0.15, 0.2) is 5.96 Å². The summed E-state index contributed by atoms with van der Waals surface area (Å²) < 4.78 is 25.2. The van der Waals surface area contributed by atoms with E-state index in [9.17, 15) is 8.42 Å². The van der Waals surface area contributed by atoms with E-state index in [-0.39, 0.29) is 0 Å². The van der Waals surface area contributed by atoms with Crippen molar-refractivity contribution in [2.75, 3.05) is 19.3 Å². The highest BCUT2D eigenvalue weighted by Gasteiger charge is 2.22. The Hall–Kier alpha value is -0.820. The second-order valence-electron chi connectivity index (χ2n) is 6.13. The van der Waals surface area contributed by atoms with Crippen molar-refractivity contribution in [2.24, 2.45) is 10.9 Å². The third-order valence-corrected chi connectivity index (χ3v) is 3.73. The van der Waals surface area contributed by atoms with Gasteiger partial charge in [0.2, 0.25) is 10.0 Å². The lowest BCUT2D eigenvalue weighted by Gasteiger charge is -2.25. The molecule has 0 saturated carbocycles. The van der Waals surface area contributed by atoms with Crippen molar-refractivity contribution in [1.29, 1.82) is 0 Å². The average Bonchev–Trinajstić information content (AvgIpc) is 2.22. The molecule has 0 aromatic rings. The second-order valence-corrected chi connectivity index (χ2v) is 7.88. The zero-order valence-electron chi connectivity index (χ0n) is 13.7. The van der Waals surface area contributed by atoms with Crippen LogP contribution >= 0.6 is 0 Å². The number of hydrogen-bond donors (Lipinski definition) is 3. The lowest BCUT2D eigenvalue weighted by atomic mass is 10.1. The van der Waals surface area contributed by atoms with Gasteiger partial charge in [-0.25, -0.2) is 13.1 Å². The van der Waals surface area contributed by atoms with Crippen molar-refractivity contribution < 1.29 is 8.42 Å². The summed E-state index contributed by atoms with van der Waals surface area (Å²) in [6.07, 6.45) is 1.16. The van der Waals surface area contributed by atoms with Gasteiger partial charge in [0.05, 0.1) is 12.8 Å². The van der Waals surface area contributed by atoms with Crippen molar-refractivity contribution in [2.45, 2.75) is 53.1 Å². The van der Waals surface area contributed by atoms with Crippen LogP contribution in [0.5, 0.6) is 0 Å². The summed E-state index contributed by atoms with van der Waals surface area (Å²) in [5.41, 5.74) is -0.614. The molecule has 0 heterocycles. The molecule has 0 aromatic carbocycles. The fraction of sp³-hybridized carbons (Fsp3) is 0.923. The van der Waals surface area contributed by atoms with Gasteiger partial charge in [-0.2, -0.15) is 0 Å². The highest BCUT2D eigenvalue weighted by Crippen LogP contribution is 2.05. The molecule has 1 atom stereocenters. The molecule has 0 amide bonds. The summed E-state index contributed by atoms with van der Waals surface area (Å²) in [6, 6.07) is 0.291. The molecule has 0 radical (unpaired) electrons. The van der Waals surface area contributed by atoms with E-state index >= 15 is 0 Å². The van der Waals surface area contributed by atoms with Crippen molar-refractivity contribution in [3.05, 3.63) is 0 Å². The van der Waals surface area contributed by atoms with E-state index in [2.05, 4.69) is 41.1 Å². The summed E-state index contributed by atoms with van der Waals surface area (Å²) in [4.78, 5) is 4.46. The largest absolute Gasteiger partial charge is 0.357 e. The maximum Gasteiger partial charge on any atom is 0.209 e. The number of aliphatic imine (C=N–C) groups is 1. The van der Waals surface area contributed by atoms with E-state index in [4.69, 9.17) is 0 Å². The Morgan fingerprint density at radius 1 is 1.25 bits per heavy atom. The van der Waals surface area contributed by atoms with Gasteiger partial charge in [-0.05, 0) is 33.6 Å². The van der Waals surface area contributed by atoms with E-state index in [1.807, 2.05) is 20.8 Å². The number of nitrogens with one attached hydrogen (secondary N) is 3. The number of sulfonamides is 1. The van der Waals surface area contributed by atoms with E-state index in [0.29, 0.717) is 24.5 Å². The molecule has 120 valence electrons. The first-order chi connectivity index (χ1) is 8.97. The van der Waals surface area contributed by atoms with Crippen molar-refractivity contribution in [3.8, 4) is 0 Å². The topological polar surface area (TPSA) is 82.6 Å². The van der Waals surface area contributed by atoms with E-state index < -0.39 is 15.6 Å². The van der Waals surface area contributed by atoms with Gasteiger partial charge >= 0.3 is 0 Å². The van der Waals surface area contributed by atoms with Crippen LogP contribution in [0.1, 0.15) is 41.5 Å². The molecular weight excluding hydrogens is 276 g/mol. The van der Waals surface area contributed by atoms with Crippen LogP contribution in [0.25, 0.3) is 0 Å². The van der Waals surface area contributed by atoms with Crippen LogP contribution in [-0.4, -0.2) is 45.3 Å². The standard InChI is InChI=1S/C13H30N4O2S/c1-8-14-12(16-11(4)10(2)3)15-9-13(5,6)17-20(7,18)19/h10-11,17H,8-9H2,1-7H3,(H2,14,15,16). The summed E-state index contributed by atoms with van der Waals surface area (Å²) in [7, 11) is -3.24. The van der Waals surface area contributed by atoms with Crippen LogP contribution in [0.2, 0.25) is 0 Å². The molecule has 0 saturated heterocycles. The molecule has 7 heteroatoms. The van der Waals surface area contributed by atoms with Crippen LogP contribution < -0.4 is 15.4 Å². The fourth-order valence-corrected chi connectivity index (χ4v) is 2.58. The second kappa shape index (κ2) is 7.83. The molecule has 20 heavy (non-hydrogen) atoms. The van der Waals surface area contributed by atoms with E-state index in [0.717, 1.165) is 12.8 Å². The van der Waals surface area contributed by atoms with Crippen molar-refractivity contribution in [1.82, 2.24) is 15.4 Å². The minimum Gasteiger partial charge on any atom is -0.357 e. The van der Waals surface area contributed by atoms with Gasteiger partial charge in [0, 0.05) is 18.1 Å². The molecule has 1 unspecified atom stereocenters. The zero-order chi connectivity index (χ0) is 16.0. The Balaban J connectivity index is 4.76. The Labute approximate surface area is 123 Å². The molecule has 0 aliphatic carbocycles. The van der Waals surface area contributed by atoms with Crippen molar-refractivity contribution >= 4 is 16.0 Å². The third kappa shape index (κ3) is 9.14. The molecular formula is C13H30N4O2S. The molecule has 3 N–H and O–H groups in total. The van der Waals surface area contributed by atoms with Gasteiger partial charge in [0.25, 0.3) is 0 Å². The maximum absolute atomic E-state index is 11.3. The first-order valence-electron chi connectivity index (χ1n) is 7.00. The first-order valence-corrected chi connectivity index (χ1v) is 8.90. The van der Waals surface area contributed by atoms with Gasteiger partial charge < -0.3 is 10.6 Å². The normalized spacial score (nSPS) is 15.3. The van der Waals surface area contributed by atoms with Crippen molar-refractivity contribution in [3.63, 3.8) is 0 Å². The van der Waals surface area contributed by atoms with Crippen LogP contribution in [0, 0.1) is 5.92 Å². The smallest absolute Gasteiger partial charge is 0.209 e. The van der Waals surface area contributed by atoms with Gasteiger partial charge in [-0.15, -0.1) is 0 Å². The quantitative estimate of drug-likeness (QED) is 0.482. The van der Waals surface area contributed by atoms with E-state index in [1.54, 1.807) is 0 Å². The molecule has 0 aliphatic heterocycles. The zero-order valence-corrected chi connectivity index (χ0v) is 14.6. The summed E-state index contributed by atoms with van der Waals surface area (Å²) in [5.74, 6) is 1.19. The molecule has 0 fully saturated rings. The molecule has 0 aliphatic rings. The monoisotopic (exact) mass is 306 g/mol. The number of nitrogens with zero attached hydrogens (tertiary/aromatic N) is 1. The minimum atomic E-state index is -3.24. The average molecular weight is 306 g/mol. The van der Waals surface area contributed by atoms with Crippen LogP contribution in [0.3, 0.4) is 0 Å². The highest BCUT2D eigenvalue weighted by atomic mass is 32.2. The molecule has 0 bridgehead atoms. The molecule has 6 nitrogen and oxygen atoms in total. The Bertz CT molecular complexity index is 416. The Kier molecular flexibility index (Phi) is 7.51. The first kappa shape index (κ1) is 19.2. The predicted molar refractivity (Wildman–Crippen MR) is 85.5 cm³/mol. The number of guanidine groups is 1. The Morgan fingerprint density at radius 2 is 1.80 bits per heavy atom.